The zero-order valence-electron chi connectivity index (χ0n) is 14.8. The summed E-state index contributed by atoms with van der Waals surface area (Å²) in [5.74, 6) is 1.60. The van der Waals surface area contributed by atoms with Crippen LogP contribution in [0.25, 0.3) is 11.0 Å². The van der Waals surface area contributed by atoms with Gasteiger partial charge in [-0.1, -0.05) is 0 Å². The molecule has 1 unspecified atom stereocenters. The van der Waals surface area contributed by atoms with Gasteiger partial charge in [0.15, 0.2) is 5.75 Å². The zero-order valence-corrected chi connectivity index (χ0v) is 18.8. The molecule has 1 heterocycles. The first-order chi connectivity index (χ1) is 13.4. The second kappa shape index (κ2) is 9.28. The molecule has 0 bridgehead atoms. The van der Waals surface area contributed by atoms with Crippen LogP contribution in [-0.4, -0.2) is 39.2 Å². The SMILES string of the molecule is CSCCc1nc2ccc(Oc3c(Br)cc(CC(F)C(=O)O)cc3Br)cc2[nH]1. The number of aryl methyl sites for hydroxylation is 1. The number of carbonyl (C=O) groups is 1. The molecule has 0 saturated carbocycles. The smallest absolute Gasteiger partial charge is 0.338 e. The Morgan fingerprint density at radius 3 is 2.68 bits per heavy atom. The summed E-state index contributed by atoms with van der Waals surface area (Å²) < 4.78 is 20.7. The average Bonchev–Trinajstić information content (AvgIpc) is 3.05. The summed E-state index contributed by atoms with van der Waals surface area (Å²) in [5.41, 5.74) is 2.31. The second-order valence-electron chi connectivity index (χ2n) is 6.11. The van der Waals surface area contributed by atoms with Crippen molar-refractivity contribution < 1.29 is 19.0 Å². The lowest BCUT2D eigenvalue weighted by atomic mass is 10.1. The number of hydrogen-bond donors (Lipinski definition) is 2. The minimum absolute atomic E-state index is 0.217. The summed E-state index contributed by atoms with van der Waals surface area (Å²) >= 11 is 8.60. The number of fused-ring (bicyclic) bond motifs is 1. The molecule has 3 rings (SSSR count). The lowest BCUT2D eigenvalue weighted by molar-refractivity contribution is -0.142. The monoisotopic (exact) mass is 530 g/mol. The molecule has 1 aromatic heterocycles. The molecule has 9 heteroatoms. The molecule has 0 amide bonds. The van der Waals surface area contributed by atoms with E-state index in [1.54, 1.807) is 23.9 Å². The number of imidazole rings is 1. The van der Waals surface area contributed by atoms with Gasteiger partial charge in [-0.25, -0.2) is 14.2 Å². The summed E-state index contributed by atoms with van der Waals surface area (Å²) in [7, 11) is 0. The Balaban J connectivity index is 1.81. The van der Waals surface area contributed by atoms with Crippen LogP contribution >= 0.6 is 43.6 Å². The topological polar surface area (TPSA) is 75.2 Å². The summed E-state index contributed by atoms with van der Waals surface area (Å²) in [6.07, 6.45) is 0.765. The number of carboxylic acid groups (broad SMARTS) is 1. The molecule has 2 N–H and O–H groups in total. The van der Waals surface area contributed by atoms with E-state index in [9.17, 15) is 9.18 Å². The minimum Gasteiger partial charge on any atom is -0.479 e. The third-order valence-electron chi connectivity index (χ3n) is 4.01. The number of aliphatic carboxylic acids is 1. The van der Waals surface area contributed by atoms with Crippen molar-refractivity contribution in [2.45, 2.75) is 19.0 Å². The first kappa shape index (κ1) is 21.1. The molecule has 5 nitrogen and oxygen atoms in total. The van der Waals surface area contributed by atoms with Crippen LogP contribution in [0, 0.1) is 0 Å². The van der Waals surface area contributed by atoms with E-state index in [1.807, 2.05) is 18.2 Å². The Labute approximate surface area is 182 Å². The highest BCUT2D eigenvalue weighted by Gasteiger charge is 2.18. The fourth-order valence-electron chi connectivity index (χ4n) is 2.66. The van der Waals surface area contributed by atoms with Crippen molar-refractivity contribution in [3.63, 3.8) is 0 Å². The number of H-pyrrole nitrogens is 1. The molecular formula is C19H17Br2FN2O3S. The van der Waals surface area contributed by atoms with Crippen LogP contribution in [0.2, 0.25) is 0 Å². The summed E-state index contributed by atoms with van der Waals surface area (Å²) in [6.45, 7) is 0. The van der Waals surface area contributed by atoms with Crippen molar-refractivity contribution in [1.82, 2.24) is 9.97 Å². The fraction of sp³-hybridized carbons (Fsp3) is 0.263. The summed E-state index contributed by atoms with van der Waals surface area (Å²) in [4.78, 5) is 18.6. The number of alkyl halides is 1. The molecule has 0 saturated heterocycles. The number of rotatable bonds is 8. The molecule has 0 spiro atoms. The van der Waals surface area contributed by atoms with E-state index in [-0.39, 0.29) is 6.42 Å². The van der Waals surface area contributed by atoms with Gasteiger partial charge in [0.2, 0.25) is 6.17 Å². The summed E-state index contributed by atoms with van der Waals surface area (Å²) in [5, 5.41) is 8.73. The molecule has 0 radical (unpaired) electrons. The van der Waals surface area contributed by atoms with E-state index in [0.717, 1.165) is 29.0 Å². The predicted molar refractivity (Wildman–Crippen MR) is 116 cm³/mol. The third kappa shape index (κ3) is 5.07. The first-order valence-electron chi connectivity index (χ1n) is 8.37. The van der Waals surface area contributed by atoms with E-state index < -0.39 is 12.1 Å². The number of aromatic nitrogens is 2. The van der Waals surface area contributed by atoms with E-state index in [4.69, 9.17) is 9.84 Å². The van der Waals surface area contributed by atoms with Crippen LogP contribution in [0.3, 0.4) is 0 Å². The number of nitrogens with one attached hydrogen (secondary N) is 1. The van der Waals surface area contributed by atoms with Crippen LogP contribution in [-0.2, 0) is 17.6 Å². The van der Waals surface area contributed by atoms with Gasteiger partial charge >= 0.3 is 5.97 Å². The van der Waals surface area contributed by atoms with Gasteiger partial charge < -0.3 is 14.8 Å². The quantitative estimate of drug-likeness (QED) is 0.387. The number of aromatic amines is 1. The lowest BCUT2D eigenvalue weighted by Gasteiger charge is -2.12. The van der Waals surface area contributed by atoms with Gasteiger partial charge in [0.05, 0.1) is 20.0 Å². The molecule has 3 aromatic rings. The van der Waals surface area contributed by atoms with Gasteiger partial charge in [-0.15, -0.1) is 0 Å². The highest BCUT2D eigenvalue weighted by molar-refractivity contribution is 9.11. The number of halogens is 3. The predicted octanol–water partition coefficient (Wildman–Crippen LogP) is 5.75. The van der Waals surface area contributed by atoms with Crippen LogP contribution in [0.15, 0.2) is 39.3 Å². The number of benzene rings is 2. The summed E-state index contributed by atoms with van der Waals surface area (Å²) in [6, 6.07) is 8.91. The molecule has 28 heavy (non-hydrogen) atoms. The van der Waals surface area contributed by atoms with E-state index in [0.29, 0.717) is 26.0 Å². The van der Waals surface area contributed by atoms with Gasteiger partial charge in [-0.2, -0.15) is 11.8 Å². The van der Waals surface area contributed by atoms with Crippen LogP contribution in [0.4, 0.5) is 4.39 Å². The van der Waals surface area contributed by atoms with Crippen LogP contribution < -0.4 is 4.74 Å². The number of hydrogen-bond acceptors (Lipinski definition) is 4. The standard InChI is InChI=1S/C19H17Br2FN2O3S/c1-28-5-4-17-23-15-3-2-11(9-16(15)24-17)27-18-12(20)6-10(7-13(18)21)8-14(22)19(25)26/h2-3,6-7,9,14H,4-5,8H2,1H3,(H,23,24)(H,25,26). The number of carboxylic acids is 1. The molecule has 148 valence electrons. The van der Waals surface area contributed by atoms with Crippen molar-refractivity contribution in [1.29, 1.82) is 0 Å². The third-order valence-corrected chi connectivity index (χ3v) is 5.80. The molecule has 0 aliphatic carbocycles. The normalized spacial score (nSPS) is 12.3. The molecule has 0 aliphatic heterocycles. The molecule has 0 fully saturated rings. The minimum atomic E-state index is -1.95. The van der Waals surface area contributed by atoms with E-state index >= 15 is 0 Å². The van der Waals surface area contributed by atoms with Gasteiger partial charge in [-0.3, -0.25) is 0 Å². The number of nitrogens with zero attached hydrogens (tertiary/aromatic N) is 1. The maximum absolute atomic E-state index is 13.5. The Morgan fingerprint density at radius 2 is 2.04 bits per heavy atom. The largest absolute Gasteiger partial charge is 0.479 e. The molecular weight excluding hydrogens is 515 g/mol. The molecule has 2 aromatic carbocycles. The second-order valence-corrected chi connectivity index (χ2v) is 8.80. The van der Waals surface area contributed by atoms with Crippen molar-refractivity contribution in [2.75, 3.05) is 12.0 Å². The fourth-order valence-corrected chi connectivity index (χ4v) is 4.50. The van der Waals surface area contributed by atoms with Gasteiger partial charge in [0.1, 0.15) is 11.6 Å². The van der Waals surface area contributed by atoms with E-state index in [1.165, 1.54) is 0 Å². The first-order valence-corrected chi connectivity index (χ1v) is 11.4. The average molecular weight is 532 g/mol. The Morgan fingerprint density at radius 1 is 1.32 bits per heavy atom. The van der Waals surface area contributed by atoms with Crippen molar-refractivity contribution in [3.8, 4) is 11.5 Å². The van der Waals surface area contributed by atoms with Gasteiger partial charge in [0.25, 0.3) is 0 Å². The van der Waals surface area contributed by atoms with Gasteiger partial charge in [-0.05, 0) is 67.9 Å². The van der Waals surface area contributed by atoms with E-state index in [2.05, 4.69) is 48.1 Å². The molecule has 1 atom stereocenters. The van der Waals surface area contributed by atoms with Crippen molar-refractivity contribution in [3.05, 3.63) is 50.7 Å². The highest BCUT2D eigenvalue weighted by Crippen LogP contribution is 2.38. The van der Waals surface area contributed by atoms with Crippen molar-refractivity contribution in [2.24, 2.45) is 0 Å². The zero-order chi connectivity index (χ0) is 20.3. The van der Waals surface area contributed by atoms with Crippen LogP contribution in [0.1, 0.15) is 11.4 Å². The molecule has 0 aliphatic rings. The Hall–Kier alpha value is -1.58. The van der Waals surface area contributed by atoms with Gasteiger partial charge in [0, 0.05) is 24.7 Å². The maximum Gasteiger partial charge on any atom is 0.338 e. The lowest BCUT2D eigenvalue weighted by Crippen LogP contribution is -2.17. The number of ether oxygens (including phenoxy) is 1. The van der Waals surface area contributed by atoms with Crippen LogP contribution in [0.5, 0.6) is 11.5 Å². The Bertz CT molecular complexity index is 989. The Kier molecular flexibility index (Phi) is 7.00. The highest BCUT2D eigenvalue weighted by atomic mass is 79.9. The maximum atomic E-state index is 13.5. The van der Waals surface area contributed by atoms with Crippen molar-refractivity contribution >= 4 is 60.6 Å². The number of thioether (sulfide) groups is 1.